The van der Waals surface area contributed by atoms with E-state index in [1.54, 1.807) is 25.3 Å². The van der Waals surface area contributed by atoms with Gasteiger partial charge in [-0.1, -0.05) is 6.07 Å². The van der Waals surface area contributed by atoms with E-state index in [0.717, 1.165) is 12.1 Å². The number of hydrogen-bond donors (Lipinski definition) is 1. The summed E-state index contributed by atoms with van der Waals surface area (Å²) in [7, 11) is 3.46. The summed E-state index contributed by atoms with van der Waals surface area (Å²) < 4.78 is 4.91. The molecule has 1 aromatic rings. The molecule has 0 aliphatic rings. The van der Waals surface area contributed by atoms with Gasteiger partial charge in [-0.2, -0.15) is 5.26 Å². The topological polar surface area (TPSA) is 65.4 Å². The van der Waals surface area contributed by atoms with Gasteiger partial charge in [0.15, 0.2) is 0 Å². The van der Waals surface area contributed by atoms with Crippen LogP contribution in [0.25, 0.3) is 0 Å². The molecule has 0 heterocycles. The zero-order valence-electron chi connectivity index (χ0n) is 11.3. The van der Waals surface area contributed by atoms with Crippen molar-refractivity contribution in [3.05, 3.63) is 29.8 Å². The largest absolute Gasteiger partial charge is 0.385 e. The summed E-state index contributed by atoms with van der Waals surface area (Å²) in [6.45, 7) is 1.51. The van der Waals surface area contributed by atoms with E-state index in [0.29, 0.717) is 18.7 Å². The second-order valence-corrected chi connectivity index (χ2v) is 4.21. The fraction of sp³-hybridized carbons (Fsp3) is 0.429. The monoisotopic (exact) mass is 261 g/mol. The number of nitriles is 1. The number of benzene rings is 1. The molecule has 0 unspecified atom stereocenters. The SMILES string of the molecule is COCCCNC(=O)CN(C)c1cccc(C#N)c1. The standard InChI is InChI=1S/C14H19N3O2/c1-17(11-14(18)16-7-4-8-19-2)13-6-3-5-12(9-13)10-15/h3,5-6,9H,4,7-8,11H2,1-2H3,(H,16,18). The van der Waals surface area contributed by atoms with Gasteiger partial charge in [0.05, 0.1) is 18.2 Å². The minimum atomic E-state index is -0.0408. The molecule has 0 aliphatic heterocycles. The summed E-state index contributed by atoms with van der Waals surface area (Å²) in [5.41, 5.74) is 1.44. The molecule has 0 saturated heterocycles. The highest BCUT2D eigenvalue weighted by molar-refractivity contribution is 5.81. The lowest BCUT2D eigenvalue weighted by Crippen LogP contribution is -2.35. The lowest BCUT2D eigenvalue weighted by atomic mass is 10.2. The van der Waals surface area contributed by atoms with Gasteiger partial charge in [-0.25, -0.2) is 0 Å². The lowest BCUT2D eigenvalue weighted by molar-refractivity contribution is -0.119. The molecule has 0 aliphatic carbocycles. The Labute approximate surface area is 113 Å². The van der Waals surface area contributed by atoms with Crippen LogP contribution in [0, 0.1) is 11.3 Å². The molecule has 5 heteroatoms. The Kier molecular flexibility index (Phi) is 6.41. The maximum Gasteiger partial charge on any atom is 0.239 e. The third-order valence-corrected chi connectivity index (χ3v) is 2.64. The van der Waals surface area contributed by atoms with Crippen LogP contribution in [0.2, 0.25) is 0 Å². The Morgan fingerprint density at radius 1 is 1.53 bits per heavy atom. The first-order chi connectivity index (χ1) is 9.17. The van der Waals surface area contributed by atoms with Crippen molar-refractivity contribution in [3.63, 3.8) is 0 Å². The normalized spacial score (nSPS) is 9.74. The predicted molar refractivity (Wildman–Crippen MR) is 73.9 cm³/mol. The summed E-state index contributed by atoms with van der Waals surface area (Å²) >= 11 is 0. The molecule has 0 saturated carbocycles. The van der Waals surface area contributed by atoms with Crippen LogP contribution in [0.5, 0.6) is 0 Å². The number of rotatable bonds is 7. The second kappa shape index (κ2) is 8.11. The van der Waals surface area contributed by atoms with Crippen LogP contribution >= 0.6 is 0 Å². The number of likely N-dealkylation sites (N-methyl/N-ethyl adjacent to an activating group) is 1. The molecule has 0 aromatic heterocycles. The van der Waals surface area contributed by atoms with Crippen LogP contribution in [0.4, 0.5) is 5.69 Å². The molecule has 102 valence electrons. The fourth-order valence-electron chi connectivity index (χ4n) is 1.62. The van der Waals surface area contributed by atoms with Gasteiger partial charge in [0.2, 0.25) is 5.91 Å². The third kappa shape index (κ3) is 5.40. The minimum absolute atomic E-state index is 0.0408. The summed E-state index contributed by atoms with van der Waals surface area (Å²) in [5, 5.41) is 11.7. The van der Waals surface area contributed by atoms with Gasteiger partial charge in [-0.3, -0.25) is 4.79 Å². The average Bonchev–Trinajstić information content (AvgIpc) is 2.43. The molecule has 0 radical (unpaired) electrons. The van der Waals surface area contributed by atoms with Crippen molar-refractivity contribution in [1.82, 2.24) is 5.32 Å². The first-order valence-electron chi connectivity index (χ1n) is 6.14. The Bertz CT molecular complexity index is 454. The maximum absolute atomic E-state index is 11.7. The van der Waals surface area contributed by atoms with E-state index in [1.807, 2.05) is 18.0 Å². The first kappa shape index (κ1) is 15.0. The molecular weight excluding hydrogens is 242 g/mol. The van der Waals surface area contributed by atoms with Crippen LogP contribution in [0.15, 0.2) is 24.3 Å². The van der Waals surface area contributed by atoms with Crippen molar-refractivity contribution in [2.45, 2.75) is 6.42 Å². The number of nitrogens with zero attached hydrogens (tertiary/aromatic N) is 2. The fourth-order valence-corrected chi connectivity index (χ4v) is 1.62. The number of amides is 1. The summed E-state index contributed by atoms with van der Waals surface area (Å²) in [6.07, 6.45) is 0.801. The van der Waals surface area contributed by atoms with Gasteiger partial charge in [-0.15, -0.1) is 0 Å². The highest BCUT2D eigenvalue weighted by atomic mass is 16.5. The van der Waals surface area contributed by atoms with Gasteiger partial charge in [0.1, 0.15) is 0 Å². The Balaban J connectivity index is 2.43. The highest BCUT2D eigenvalue weighted by Gasteiger charge is 2.07. The average molecular weight is 261 g/mol. The molecule has 0 bridgehead atoms. The first-order valence-corrected chi connectivity index (χ1v) is 6.14. The number of hydrogen-bond acceptors (Lipinski definition) is 4. The zero-order valence-corrected chi connectivity index (χ0v) is 11.3. The van der Waals surface area contributed by atoms with Crippen molar-refractivity contribution in [2.24, 2.45) is 0 Å². The molecular formula is C14H19N3O2. The Morgan fingerprint density at radius 2 is 2.32 bits per heavy atom. The predicted octanol–water partition coefficient (Wildman–Crippen LogP) is 1.15. The molecule has 0 spiro atoms. The number of ether oxygens (including phenoxy) is 1. The van der Waals surface area contributed by atoms with Crippen LogP contribution in [0.1, 0.15) is 12.0 Å². The van der Waals surface area contributed by atoms with Crippen molar-refractivity contribution in [3.8, 4) is 6.07 Å². The van der Waals surface area contributed by atoms with E-state index in [2.05, 4.69) is 11.4 Å². The third-order valence-electron chi connectivity index (χ3n) is 2.64. The van der Waals surface area contributed by atoms with E-state index in [1.165, 1.54) is 0 Å². The molecule has 0 fully saturated rings. The Morgan fingerprint density at radius 3 is 3.00 bits per heavy atom. The number of carbonyl (C=O) groups is 1. The summed E-state index contributed by atoms with van der Waals surface area (Å²) in [6, 6.07) is 9.26. The van der Waals surface area contributed by atoms with Gasteiger partial charge >= 0.3 is 0 Å². The highest BCUT2D eigenvalue weighted by Crippen LogP contribution is 2.13. The van der Waals surface area contributed by atoms with E-state index >= 15 is 0 Å². The maximum atomic E-state index is 11.7. The van der Waals surface area contributed by atoms with Gasteiger partial charge in [0.25, 0.3) is 0 Å². The van der Waals surface area contributed by atoms with E-state index in [-0.39, 0.29) is 12.5 Å². The van der Waals surface area contributed by atoms with Crippen LogP contribution in [-0.2, 0) is 9.53 Å². The van der Waals surface area contributed by atoms with Crippen molar-refractivity contribution in [1.29, 1.82) is 5.26 Å². The van der Waals surface area contributed by atoms with Gasteiger partial charge in [-0.05, 0) is 24.6 Å². The van der Waals surface area contributed by atoms with Crippen LogP contribution in [-0.4, -0.2) is 39.8 Å². The molecule has 1 amide bonds. The quantitative estimate of drug-likeness (QED) is 0.748. The van der Waals surface area contributed by atoms with Crippen molar-refractivity contribution < 1.29 is 9.53 Å². The summed E-state index contributed by atoms with van der Waals surface area (Å²) in [4.78, 5) is 13.5. The second-order valence-electron chi connectivity index (χ2n) is 4.21. The Hall–Kier alpha value is -2.06. The molecule has 1 N–H and O–H groups in total. The van der Waals surface area contributed by atoms with E-state index in [9.17, 15) is 4.79 Å². The molecule has 1 aromatic carbocycles. The summed E-state index contributed by atoms with van der Waals surface area (Å²) in [5.74, 6) is -0.0408. The molecule has 5 nitrogen and oxygen atoms in total. The number of methoxy groups -OCH3 is 1. The lowest BCUT2D eigenvalue weighted by Gasteiger charge is -2.18. The minimum Gasteiger partial charge on any atom is -0.385 e. The van der Waals surface area contributed by atoms with Crippen LogP contribution in [0.3, 0.4) is 0 Å². The van der Waals surface area contributed by atoms with Gasteiger partial charge in [0, 0.05) is 33.0 Å². The van der Waals surface area contributed by atoms with Crippen molar-refractivity contribution in [2.75, 3.05) is 38.8 Å². The smallest absolute Gasteiger partial charge is 0.239 e. The molecule has 0 atom stereocenters. The zero-order chi connectivity index (χ0) is 14.1. The van der Waals surface area contributed by atoms with Crippen molar-refractivity contribution >= 4 is 11.6 Å². The van der Waals surface area contributed by atoms with Gasteiger partial charge < -0.3 is 15.0 Å². The van der Waals surface area contributed by atoms with Crippen LogP contribution < -0.4 is 10.2 Å². The number of carbonyl (C=O) groups excluding carboxylic acids is 1. The molecule has 19 heavy (non-hydrogen) atoms. The van der Waals surface area contributed by atoms with E-state index in [4.69, 9.17) is 10.00 Å². The molecule has 1 rings (SSSR count). The number of anilines is 1. The van der Waals surface area contributed by atoms with E-state index < -0.39 is 0 Å². The number of nitrogens with one attached hydrogen (secondary N) is 1.